The highest BCUT2D eigenvalue weighted by atomic mass is 16.4. The lowest BCUT2D eigenvalue weighted by Crippen LogP contribution is -2.65. The van der Waals surface area contributed by atoms with Gasteiger partial charge in [-0.3, -0.25) is 14.4 Å². The average Bonchev–Trinajstić information content (AvgIpc) is 3.15. The number of anilines is 1. The van der Waals surface area contributed by atoms with E-state index in [0.717, 1.165) is 25.7 Å². The van der Waals surface area contributed by atoms with Crippen molar-refractivity contribution in [3.05, 3.63) is 41.5 Å². The van der Waals surface area contributed by atoms with Gasteiger partial charge in [0.25, 0.3) is 0 Å². The van der Waals surface area contributed by atoms with Gasteiger partial charge in [-0.05, 0) is 86.3 Å². The van der Waals surface area contributed by atoms with Crippen LogP contribution in [0, 0.1) is 51.8 Å². The molecule has 6 aliphatic rings. The number of hydrogen-bond acceptors (Lipinski definition) is 4. The summed E-state index contributed by atoms with van der Waals surface area (Å²) in [5.41, 5.74) is 0.112. The summed E-state index contributed by atoms with van der Waals surface area (Å²) >= 11 is 0. The highest BCUT2D eigenvalue weighted by Gasteiger charge is 2.73. The highest BCUT2D eigenvalue weighted by molar-refractivity contribution is 6.23. The zero-order valence-corrected chi connectivity index (χ0v) is 22.6. The maximum absolute atomic E-state index is 14.3. The van der Waals surface area contributed by atoms with E-state index in [0.29, 0.717) is 18.5 Å². The van der Waals surface area contributed by atoms with Crippen molar-refractivity contribution in [2.45, 2.75) is 66.2 Å². The topological polar surface area (TPSA) is 112 Å². The lowest BCUT2D eigenvalue weighted by molar-refractivity contribution is -0.194. The van der Waals surface area contributed by atoms with Gasteiger partial charge in [0.2, 0.25) is 11.8 Å². The SMILES string of the molecule is CC(C)C1=C[C@]23CC[C@@H]4[C@](C)(CCC[C@@]4(C)C(=O)O)[C@@H]2C[C@@H]1[C@H]1C(=O)N(c2cccc(C(=O)O)c2)C(=O)[C@@H]13. The first kappa shape index (κ1) is 25.3. The summed E-state index contributed by atoms with van der Waals surface area (Å²) in [6, 6.07) is 6.10. The molecular formula is C31H37NO6. The molecule has 38 heavy (non-hydrogen) atoms. The summed E-state index contributed by atoms with van der Waals surface area (Å²) in [4.78, 5) is 53.8. The Labute approximate surface area is 223 Å². The van der Waals surface area contributed by atoms with Crippen LogP contribution in [0.25, 0.3) is 0 Å². The van der Waals surface area contributed by atoms with E-state index in [2.05, 4.69) is 26.8 Å². The van der Waals surface area contributed by atoms with Crippen LogP contribution in [0.5, 0.6) is 0 Å². The van der Waals surface area contributed by atoms with Gasteiger partial charge in [0.1, 0.15) is 0 Å². The van der Waals surface area contributed by atoms with E-state index in [1.165, 1.54) is 22.6 Å². The van der Waals surface area contributed by atoms with Crippen molar-refractivity contribution in [2.75, 3.05) is 4.90 Å². The van der Waals surface area contributed by atoms with Crippen LogP contribution < -0.4 is 4.90 Å². The molecule has 2 N–H and O–H groups in total. The average molecular weight is 520 g/mol. The fourth-order valence-electron chi connectivity index (χ4n) is 9.99. The Morgan fingerprint density at radius 3 is 2.42 bits per heavy atom. The van der Waals surface area contributed by atoms with Gasteiger partial charge in [0.05, 0.1) is 28.5 Å². The number of imide groups is 1. The molecule has 2 amide bonds. The molecule has 0 aromatic heterocycles. The number of hydrogen-bond donors (Lipinski definition) is 2. The second-order valence-electron chi connectivity index (χ2n) is 13.4. The number of amides is 2. The summed E-state index contributed by atoms with van der Waals surface area (Å²) in [6.45, 7) is 8.48. The number of aromatic carboxylic acids is 1. The Balaban J connectivity index is 1.48. The van der Waals surface area contributed by atoms with Crippen LogP contribution in [0.3, 0.4) is 0 Å². The monoisotopic (exact) mass is 519 g/mol. The van der Waals surface area contributed by atoms with Gasteiger partial charge in [-0.2, -0.15) is 0 Å². The quantitative estimate of drug-likeness (QED) is 0.407. The number of allylic oxidation sites excluding steroid dienone is 2. The Morgan fingerprint density at radius 2 is 1.76 bits per heavy atom. The maximum Gasteiger partial charge on any atom is 0.335 e. The molecule has 8 atom stereocenters. The van der Waals surface area contributed by atoms with Crippen LogP contribution in [0.1, 0.15) is 76.6 Å². The standard InChI is InChI=1S/C31H37NO6/c1-16(2)20-15-31-12-9-21-29(3,10-6-11-30(21,4)28(37)38)22(31)14-19(20)23-24(31)26(34)32(25(23)33)18-8-5-7-17(13-18)27(35)36/h5,7-8,13,15-16,19,21-24H,6,9-12,14H2,1-4H3,(H,35,36)(H,37,38)/t19-,21+,22-,23+,24+,29-,30+,31+/m0/s1. The Morgan fingerprint density at radius 1 is 1.03 bits per heavy atom. The number of carboxylic acid groups (broad SMARTS) is 2. The molecule has 1 spiro atoms. The fraction of sp³-hybridized carbons (Fsp3) is 0.613. The van der Waals surface area contributed by atoms with Crippen molar-refractivity contribution in [2.24, 2.45) is 51.8 Å². The Hall–Kier alpha value is -2.96. The lowest BCUT2D eigenvalue weighted by atomic mass is 9.34. The first-order chi connectivity index (χ1) is 17.9. The third kappa shape index (κ3) is 3.02. The van der Waals surface area contributed by atoms with Crippen LogP contribution in [0.15, 0.2) is 35.9 Å². The van der Waals surface area contributed by atoms with Crippen LogP contribution in [-0.2, 0) is 14.4 Å². The van der Waals surface area contributed by atoms with Gasteiger partial charge in [0, 0.05) is 5.41 Å². The molecule has 3 saturated carbocycles. The van der Waals surface area contributed by atoms with E-state index in [1.54, 1.807) is 12.1 Å². The van der Waals surface area contributed by atoms with Gasteiger partial charge in [0.15, 0.2) is 0 Å². The summed E-state index contributed by atoms with van der Waals surface area (Å²) in [7, 11) is 0. The van der Waals surface area contributed by atoms with Crippen molar-refractivity contribution >= 4 is 29.4 Å². The number of fused-ring (bicyclic) bond motifs is 1. The molecule has 1 aromatic carbocycles. The molecule has 2 bridgehead atoms. The van der Waals surface area contributed by atoms with Crippen molar-refractivity contribution in [3.8, 4) is 0 Å². The molecule has 4 fully saturated rings. The molecule has 7 rings (SSSR count). The van der Waals surface area contributed by atoms with E-state index in [4.69, 9.17) is 0 Å². The predicted octanol–water partition coefficient (Wildman–Crippen LogP) is 5.40. The zero-order valence-electron chi connectivity index (χ0n) is 22.6. The first-order valence-corrected chi connectivity index (χ1v) is 14.0. The molecule has 1 aromatic rings. The summed E-state index contributed by atoms with van der Waals surface area (Å²) in [5, 5.41) is 19.8. The van der Waals surface area contributed by atoms with Crippen molar-refractivity contribution < 1.29 is 29.4 Å². The van der Waals surface area contributed by atoms with Gasteiger partial charge in [-0.1, -0.05) is 44.9 Å². The highest BCUT2D eigenvalue weighted by Crippen LogP contribution is 2.74. The van der Waals surface area contributed by atoms with Crippen LogP contribution >= 0.6 is 0 Å². The molecule has 0 unspecified atom stereocenters. The minimum atomic E-state index is -1.10. The molecule has 1 saturated heterocycles. The van der Waals surface area contributed by atoms with E-state index >= 15 is 0 Å². The largest absolute Gasteiger partial charge is 0.481 e. The van der Waals surface area contributed by atoms with E-state index in [1.807, 2.05) is 6.92 Å². The fourth-order valence-corrected chi connectivity index (χ4v) is 9.99. The third-order valence-electron chi connectivity index (χ3n) is 11.5. The van der Waals surface area contributed by atoms with Crippen molar-refractivity contribution in [3.63, 3.8) is 0 Å². The van der Waals surface area contributed by atoms with Crippen LogP contribution in [0.4, 0.5) is 5.69 Å². The van der Waals surface area contributed by atoms with Gasteiger partial charge in [-0.25, -0.2) is 9.69 Å². The first-order valence-electron chi connectivity index (χ1n) is 14.0. The lowest BCUT2D eigenvalue weighted by Gasteiger charge is -2.68. The zero-order chi connectivity index (χ0) is 27.4. The summed E-state index contributed by atoms with van der Waals surface area (Å²) in [6.07, 6.45) is 7.05. The van der Waals surface area contributed by atoms with E-state index < -0.39 is 34.6 Å². The second-order valence-corrected chi connectivity index (χ2v) is 13.4. The summed E-state index contributed by atoms with van der Waals surface area (Å²) < 4.78 is 0. The second kappa shape index (κ2) is 8.03. The summed E-state index contributed by atoms with van der Waals surface area (Å²) in [5.74, 6) is -2.89. The van der Waals surface area contributed by atoms with Gasteiger partial charge >= 0.3 is 11.9 Å². The molecule has 7 heteroatoms. The molecular weight excluding hydrogens is 482 g/mol. The number of carbonyl (C=O) groups excluding carboxylic acids is 2. The normalized spacial score (nSPS) is 41.4. The smallest absolute Gasteiger partial charge is 0.335 e. The number of carboxylic acids is 2. The Bertz CT molecular complexity index is 1300. The van der Waals surface area contributed by atoms with E-state index in [9.17, 15) is 29.4 Å². The Kier molecular flexibility index (Phi) is 5.35. The predicted molar refractivity (Wildman–Crippen MR) is 140 cm³/mol. The van der Waals surface area contributed by atoms with Crippen molar-refractivity contribution in [1.29, 1.82) is 0 Å². The number of benzene rings is 1. The maximum atomic E-state index is 14.3. The van der Waals surface area contributed by atoms with Crippen molar-refractivity contribution in [1.82, 2.24) is 0 Å². The van der Waals surface area contributed by atoms with Gasteiger partial charge < -0.3 is 10.2 Å². The van der Waals surface area contributed by atoms with Crippen LogP contribution in [0.2, 0.25) is 0 Å². The van der Waals surface area contributed by atoms with Gasteiger partial charge in [-0.15, -0.1) is 0 Å². The molecule has 202 valence electrons. The molecule has 1 aliphatic heterocycles. The number of rotatable bonds is 4. The molecule has 5 aliphatic carbocycles. The minimum absolute atomic E-state index is 0.0288. The molecule has 0 radical (unpaired) electrons. The molecule has 7 nitrogen and oxygen atoms in total. The number of nitrogens with zero attached hydrogens (tertiary/aromatic N) is 1. The van der Waals surface area contributed by atoms with Crippen LogP contribution in [-0.4, -0.2) is 34.0 Å². The number of aliphatic carboxylic acids is 1. The molecule has 1 heterocycles. The minimum Gasteiger partial charge on any atom is -0.481 e. The van der Waals surface area contributed by atoms with E-state index in [-0.39, 0.29) is 46.5 Å². The third-order valence-corrected chi connectivity index (χ3v) is 11.5. The number of carbonyl (C=O) groups is 4.